The zero-order chi connectivity index (χ0) is 9.26. The van der Waals surface area contributed by atoms with Crippen LogP contribution in [-0.2, 0) is 6.54 Å². The molecule has 0 spiro atoms. The molecule has 13 heavy (non-hydrogen) atoms. The third-order valence-corrected chi connectivity index (χ3v) is 3.99. The van der Waals surface area contributed by atoms with Gasteiger partial charge in [0.25, 0.3) is 0 Å². The standard InChI is InChI=1S/C9H13BrN2S/c1-12(8-3-11-4-8)5-7-2-9(10)13-6-7/h2,6,8,11H,3-5H2,1H3. The van der Waals surface area contributed by atoms with E-state index in [1.54, 1.807) is 11.3 Å². The van der Waals surface area contributed by atoms with E-state index in [0.717, 1.165) is 25.7 Å². The molecule has 1 saturated heterocycles. The van der Waals surface area contributed by atoms with Crippen LogP contribution in [0.2, 0.25) is 0 Å². The molecular weight excluding hydrogens is 248 g/mol. The highest BCUT2D eigenvalue weighted by Gasteiger charge is 2.21. The van der Waals surface area contributed by atoms with Gasteiger partial charge in [-0.1, -0.05) is 0 Å². The van der Waals surface area contributed by atoms with E-state index in [9.17, 15) is 0 Å². The van der Waals surface area contributed by atoms with Crippen LogP contribution in [0.5, 0.6) is 0 Å². The maximum Gasteiger partial charge on any atom is 0.0701 e. The monoisotopic (exact) mass is 260 g/mol. The van der Waals surface area contributed by atoms with Crippen molar-refractivity contribution in [3.63, 3.8) is 0 Å². The van der Waals surface area contributed by atoms with Crippen LogP contribution in [0.25, 0.3) is 0 Å². The van der Waals surface area contributed by atoms with Gasteiger partial charge >= 0.3 is 0 Å². The molecule has 2 rings (SSSR count). The molecule has 72 valence electrons. The molecule has 0 amide bonds. The van der Waals surface area contributed by atoms with E-state index in [1.807, 2.05) is 0 Å². The number of thiophene rings is 1. The number of likely N-dealkylation sites (N-methyl/N-ethyl adjacent to an activating group) is 1. The predicted molar refractivity (Wildman–Crippen MR) is 60.1 cm³/mol. The van der Waals surface area contributed by atoms with E-state index in [2.05, 4.69) is 44.6 Å². The van der Waals surface area contributed by atoms with Crippen LogP contribution >= 0.6 is 27.3 Å². The molecule has 0 saturated carbocycles. The van der Waals surface area contributed by atoms with Crippen molar-refractivity contribution in [2.75, 3.05) is 20.1 Å². The Labute approximate surface area is 91.1 Å². The number of hydrogen-bond acceptors (Lipinski definition) is 3. The molecule has 1 aromatic rings. The molecule has 1 aliphatic rings. The molecule has 0 radical (unpaired) electrons. The van der Waals surface area contributed by atoms with Crippen molar-refractivity contribution >= 4 is 27.3 Å². The summed E-state index contributed by atoms with van der Waals surface area (Å²) in [6.07, 6.45) is 0. The molecule has 0 aliphatic carbocycles. The molecule has 1 aliphatic heterocycles. The van der Waals surface area contributed by atoms with Crippen molar-refractivity contribution < 1.29 is 0 Å². The summed E-state index contributed by atoms with van der Waals surface area (Å²) in [5, 5.41) is 5.50. The number of rotatable bonds is 3. The lowest BCUT2D eigenvalue weighted by atomic mass is 10.1. The normalized spacial score (nSPS) is 17.8. The third-order valence-electron chi connectivity index (χ3n) is 2.44. The maximum absolute atomic E-state index is 3.48. The zero-order valence-electron chi connectivity index (χ0n) is 7.59. The van der Waals surface area contributed by atoms with Gasteiger partial charge in [0.1, 0.15) is 0 Å². The van der Waals surface area contributed by atoms with E-state index in [1.165, 1.54) is 9.35 Å². The van der Waals surface area contributed by atoms with Crippen molar-refractivity contribution in [2.45, 2.75) is 12.6 Å². The molecule has 1 fully saturated rings. The summed E-state index contributed by atoms with van der Waals surface area (Å²) in [6.45, 7) is 3.35. The van der Waals surface area contributed by atoms with Crippen LogP contribution in [0.1, 0.15) is 5.56 Å². The second kappa shape index (κ2) is 4.09. The topological polar surface area (TPSA) is 15.3 Å². The Kier molecular flexibility index (Phi) is 3.03. The molecule has 1 aromatic heterocycles. The predicted octanol–water partition coefficient (Wildman–Crippen LogP) is 1.91. The van der Waals surface area contributed by atoms with Crippen molar-refractivity contribution in [3.05, 3.63) is 20.8 Å². The van der Waals surface area contributed by atoms with Gasteiger partial charge in [0.2, 0.25) is 0 Å². The summed E-state index contributed by atoms with van der Waals surface area (Å²) in [5.74, 6) is 0. The van der Waals surface area contributed by atoms with E-state index < -0.39 is 0 Å². The highest BCUT2D eigenvalue weighted by atomic mass is 79.9. The molecule has 2 nitrogen and oxygen atoms in total. The number of nitrogens with one attached hydrogen (secondary N) is 1. The maximum atomic E-state index is 3.48. The van der Waals surface area contributed by atoms with Crippen LogP contribution in [0, 0.1) is 0 Å². The minimum atomic E-state index is 0.735. The Morgan fingerprint density at radius 2 is 2.46 bits per heavy atom. The molecule has 2 heterocycles. The number of halogens is 1. The van der Waals surface area contributed by atoms with Gasteiger partial charge in [-0.15, -0.1) is 11.3 Å². The van der Waals surface area contributed by atoms with Gasteiger partial charge in [-0.05, 0) is 40.0 Å². The lowest BCUT2D eigenvalue weighted by Gasteiger charge is -2.35. The van der Waals surface area contributed by atoms with Crippen LogP contribution in [-0.4, -0.2) is 31.1 Å². The fraction of sp³-hybridized carbons (Fsp3) is 0.556. The van der Waals surface area contributed by atoms with E-state index in [0.29, 0.717) is 0 Å². The second-order valence-electron chi connectivity index (χ2n) is 3.49. The lowest BCUT2D eigenvalue weighted by Crippen LogP contribution is -2.55. The SMILES string of the molecule is CN(Cc1csc(Br)c1)C1CNC1. The van der Waals surface area contributed by atoms with Gasteiger partial charge in [-0.3, -0.25) is 4.90 Å². The van der Waals surface area contributed by atoms with Gasteiger partial charge in [-0.2, -0.15) is 0 Å². The first kappa shape index (κ1) is 9.65. The molecule has 4 heteroatoms. The van der Waals surface area contributed by atoms with Crippen molar-refractivity contribution in [1.29, 1.82) is 0 Å². The van der Waals surface area contributed by atoms with E-state index in [-0.39, 0.29) is 0 Å². The molecule has 0 aromatic carbocycles. The second-order valence-corrected chi connectivity index (χ2v) is 5.78. The highest BCUT2D eigenvalue weighted by molar-refractivity contribution is 9.11. The Balaban J connectivity index is 1.89. The quantitative estimate of drug-likeness (QED) is 0.894. The molecular formula is C9H13BrN2S. The molecule has 0 atom stereocenters. The van der Waals surface area contributed by atoms with Crippen molar-refractivity contribution in [2.24, 2.45) is 0 Å². The van der Waals surface area contributed by atoms with E-state index >= 15 is 0 Å². The smallest absolute Gasteiger partial charge is 0.0701 e. The van der Waals surface area contributed by atoms with Crippen LogP contribution < -0.4 is 5.32 Å². The van der Waals surface area contributed by atoms with Gasteiger partial charge in [0.15, 0.2) is 0 Å². The van der Waals surface area contributed by atoms with Crippen molar-refractivity contribution in [1.82, 2.24) is 10.2 Å². The minimum Gasteiger partial charge on any atom is -0.314 e. The summed E-state index contributed by atoms with van der Waals surface area (Å²) in [6, 6.07) is 2.94. The molecule has 0 unspecified atom stereocenters. The molecule has 1 N–H and O–H groups in total. The average molecular weight is 261 g/mol. The number of hydrogen-bond donors (Lipinski definition) is 1. The molecule has 0 bridgehead atoms. The number of nitrogens with zero attached hydrogens (tertiary/aromatic N) is 1. The van der Waals surface area contributed by atoms with Gasteiger partial charge in [0, 0.05) is 25.7 Å². The van der Waals surface area contributed by atoms with Gasteiger partial charge in [-0.25, -0.2) is 0 Å². The van der Waals surface area contributed by atoms with Gasteiger partial charge in [0.05, 0.1) is 3.79 Å². The summed E-state index contributed by atoms with van der Waals surface area (Å²) >= 11 is 5.24. The van der Waals surface area contributed by atoms with Crippen LogP contribution in [0.15, 0.2) is 15.2 Å². The van der Waals surface area contributed by atoms with E-state index in [4.69, 9.17) is 0 Å². The first-order valence-electron chi connectivity index (χ1n) is 4.39. The van der Waals surface area contributed by atoms with Gasteiger partial charge < -0.3 is 5.32 Å². The summed E-state index contributed by atoms with van der Waals surface area (Å²) in [4.78, 5) is 2.41. The Morgan fingerprint density at radius 3 is 2.92 bits per heavy atom. The first-order valence-corrected chi connectivity index (χ1v) is 6.07. The van der Waals surface area contributed by atoms with Crippen LogP contribution in [0.3, 0.4) is 0 Å². The largest absolute Gasteiger partial charge is 0.314 e. The Morgan fingerprint density at radius 1 is 1.69 bits per heavy atom. The average Bonchev–Trinajstić information content (AvgIpc) is 2.31. The fourth-order valence-electron chi connectivity index (χ4n) is 1.43. The summed E-state index contributed by atoms with van der Waals surface area (Å²) < 4.78 is 1.22. The zero-order valence-corrected chi connectivity index (χ0v) is 9.99. The third kappa shape index (κ3) is 2.31. The Bertz CT molecular complexity index is 283. The summed E-state index contributed by atoms with van der Waals surface area (Å²) in [7, 11) is 2.19. The van der Waals surface area contributed by atoms with Crippen LogP contribution in [0.4, 0.5) is 0 Å². The highest BCUT2D eigenvalue weighted by Crippen LogP contribution is 2.22. The lowest BCUT2D eigenvalue weighted by molar-refractivity contribution is 0.173. The van der Waals surface area contributed by atoms with Crippen molar-refractivity contribution in [3.8, 4) is 0 Å². The Hall–Kier alpha value is 0.1000. The minimum absolute atomic E-state index is 0.735. The first-order chi connectivity index (χ1) is 6.25. The summed E-state index contributed by atoms with van der Waals surface area (Å²) in [5.41, 5.74) is 1.41. The fourth-order valence-corrected chi connectivity index (χ4v) is 2.63.